The summed E-state index contributed by atoms with van der Waals surface area (Å²) < 4.78 is 0. The highest BCUT2D eigenvalue weighted by Crippen LogP contribution is 2.05. The van der Waals surface area contributed by atoms with Crippen molar-refractivity contribution in [2.45, 2.75) is 31.5 Å². The predicted octanol–water partition coefficient (Wildman–Crippen LogP) is 2.68. The van der Waals surface area contributed by atoms with Gasteiger partial charge in [-0.25, -0.2) is 4.98 Å². The fourth-order valence-corrected chi connectivity index (χ4v) is 1.67. The van der Waals surface area contributed by atoms with Crippen LogP contribution in [-0.2, 0) is 0 Å². The molecular formula is C12H17BrN2O. The number of carbonyl (C=O) groups excluding carboxylic acids is 1. The molecule has 1 unspecified atom stereocenters. The van der Waals surface area contributed by atoms with E-state index in [1.54, 1.807) is 6.07 Å². The van der Waals surface area contributed by atoms with Crippen LogP contribution in [0.2, 0.25) is 0 Å². The second kappa shape index (κ2) is 6.63. The van der Waals surface area contributed by atoms with Crippen molar-refractivity contribution in [2.75, 3.05) is 6.54 Å². The van der Waals surface area contributed by atoms with Crippen LogP contribution in [0.25, 0.3) is 0 Å². The number of pyridine rings is 1. The van der Waals surface area contributed by atoms with E-state index in [0.717, 1.165) is 18.5 Å². The minimum absolute atomic E-state index is 0.0917. The Bertz CT molecular complexity index is 353. The molecule has 1 atom stereocenters. The van der Waals surface area contributed by atoms with Crippen LogP contribution in [0.4, 0.5) is 0 Å². The second-order valence-electron chi connectivity index (χ2n) is 3.84. The van der Waals surface area contributed by atoms with Gasteiger partial charge in [-0.1, -0.05) is 28.9 Å². The Morgan fingerprint density at radius 2 is 2.31 bits per heavy atom. The molecule has 0 radical (unpaired) electrons. The molecule has 0 fully saturated rings. The van der Waals surface area contributed by atoms with E-state index in [4.69, 9.17) is 0 Å². The molecule has 1 aromatic heterocycles. The third-order valence-electron chi connectivity index (χ3n) is 2.19. The molecule has 16 heavy (non-hydrogen) atoms. The van der Waals surface area contributed by atoms with Crippen LogP contribution in [-0.4, -0.2) is 22.3 Å². The van der Waals surface area contributed by atoms with Crippen LogP contribution in [0, 0.1) is 6.92 Å². The Labute approximate surface area is 105 Å². The highest BCUT2D eigenvalue weighted by atomic mass is 79.9. The summed E-state index contributed by atoms with van der Waals surface area (Å²) >= 11 is 3.47. The summed E-state index contributed by atoms with van der Waals surface area (Å²) in [7, 11) is 0. The second-order valence-corrected chi connectivity index (χ2v) is 5.41. The summed E-state index contributed by atoms with van der Waals surface area (Å²) in [6.07, 6.45) is 2.03. The normalized spacial score (nSPS) is 12.2. The number of amides is 1. The van der Waals surface area contributed by atoms with E-state index in [-0.39, 0.29) is 5.91 Å². The van der Waals surface area contributed by atoms with Crippen molar-refractivity contribution in [1.29, 1.82) is 0 Å². The van der Waals surface area contributed by atoms with E-state index in [0.29, 0.717) is 17.1 Å². The molecule has 0 aliphatic rings. The number of aromatic nitrogens is 1. The zero-order chi connectivity index (χ0) is 12.0. The Kier molecular flexibility index (Phi) is 5.46. The van der Waals surface area contributed by atoms with E-state index in [9.17, 15) is 4.79 Å². The Hall–Kier alpha value is -0.900. The first-order valence-corrected chi connectivity index (χ1v) is 6.37. The van der Waals surface area contributed by atoms with Gasteiger partial charge in [-0.05, 0) is 31.9 Å². The molecule has 3 nitrogen and oxygen atoms in total. The summed E-state index contributed by atoms with van der Waals surface area (Å²) in [6.45, 7) is 4.68. The standard InChI is InChI=1S/C12H17BrN2O/c1-9(13)5-4-8-14-12(16)11-7-3-6-10(2)15-11/h3,6-7,9H,4-5,8H2,1-2H3,(H,14,16). The molecule has 0 saturated carbocycles. The molecule has 1 heterocycles. The van der Waals surface area contributed by atoms with Gasteiger partial charge in [0.2, 0.25) is 0 Å². The highest BCUT2D eigenvalue weighted by Gasteiger charge is 2.06. The minimum atomic E-state index is -0.0917. The average molecular weight is 285 g/mol. The zero-order valence-electron chi connectivity index (χ0n) is 9.66. The third kappa shape index (κ3) is 4.75. The largest absolute Gasteiger partial charge is 0.351 e. The maximum atomic E-state index is 11.7. The Balaban J connectivity index is 2.35. The van der Waals surface area contributed by atoms with Gasteiger partial charge in [0.05, 0.1) is 0 Å². The maximum absolute atomic E-state index is 11.7. The summed E-state index contributed by atoms with van der Waals surface area (Å²) in [5.41, 5.74) is 1.36. The number of rotatable bonds is 5. The number of alkyl halides is 1. The van der Waals surface area contributed by atoms with E-state index in [1.807, 2.05) is 19.1 Å². The fraction of sp³-hybridized carbons (Fsp3) is 0.500. The molecule has 88 valence electrons. The summed E-state index contributed by atoms with van der Waals surface area (Å²) in [5.74, 6) is -0.0917. The summed E-state index contributed by atoms with van der Waals surface area (Å²) in [6, 6.07) is 5.45. The van der Waals surface area contributed by atoms with Crippen molar-refractivity contribution in [3.05, 3.63) is 29.6 Å². The van der Waals surface area contributed by atoms with Crippen LogP contribution < -0.4 is 5.32 Å². The van der Waals surface area contributed by atoms with E-state index in [2.05, 4.69) is 33.2 Å². The van der Waals surface area contributed by atoms with Gasteiger partial charge in [0, 0.05) is 17.1 Å². The van der Waals surface area contributed by atoms with E-state index >= 15 is 0 Å². The predicted molar refractivity (Wildman–Crippen MR) is 68.9 cm³/mol. The number of hydrogen-bond acceptors (Lipinski definition) is 2. The molecule has 4 heteroatoms. The van der Waals surface area contributed by atoms with Gasteiger partial charge >= 0.3 is 0 Å². The first kappa shape index (κ1) is 13.2. The van der Waals surface area contributed by atoms with Crippen LogP contribution in [0.3, 0.4) is 0 Å². The first-order valence-electron chi connectivity index (χ1n) is 5.45. The molecule has 0 saturated heterocycles. The number of carbonyl (C=O) groups is 1. The highest BCUT2D eigenvalue weighted by molar-refractivity contribution is 9.09. The van der Waals surface area contributed by atoms with E-state index < -0.39 is 0 Å². The lowest BCUT2D eigenvalue weighted by Gasteiger charge is -2.06. The third-order valence-corrected chi connectivity index (χ3v) is 2.64. The fourth-order valence-electron chi connectivity index (χ4n) is 1.35. The molecule has 0 aliphatic carbocycles. The monoisotopic (exact) mass is 284 g/mol. The van der Waals surface area contributed by atoms with Crippen molar-refractivity contribution in [2.24, 2.45) is 0 Å². The molecule has 1 aromatic rings. The van der Waals surface area contributed by atoms with Gasteiger partial charge in [0.25, 0.3) is 5.91 Å². The SMILES string of the molecule is Cc1cccc(C(=O)NCCCC(C)Br)n1. The molecular weight excluding hydrogens is 268 g/mol. The molecule has 1 rings (SSSR count). The van der Waals surface area contributed by atoms with Gasteiger partial charge < -0.3 is 5.32 Å². The van der Waals surface area contributed by atoms with Crippen LogP contribution in [0.15, 0.2) is 18.2 Å². The van der Waals surface area contributed by atoms with Gasteiger partial charge in [-0.15, -0.1) is 0 Å². The summed E-state index contributed by atoms with van der Waals surface area (Å²) in [4.78, 5) is 16.3. The molecule has 0 spiro atoms. The lowest BCUT2D eigenvalue weighted by atomic mass is 10.2. The zero-order valence-corrected chi connectivity index (χ0v) is 11.3. The van der Waals surface area contributed by atoms with Crippen molar-refractivity contribution in [1.82, 2.24) is 10.3 Å². The van der Waals surface area contributed by atoms with Crippen molar-refractivity contribution in [3.63, 3.8) is 0 Å². The number of halogens is 1. The Morgan fingerprint density at radius 1 is 1.56 bits per heavy atom. The number of nitrogens with one attached hydrogen (secondary N) is 1. The molecule has 0 aromatic carbocycles. The van der Waals surface area contributed by atoms with Crippen molar-refractivity contribution < 1.29 is 4.79 Å². The molecule has 0 bridgehead atoms. The van der Waals surface area contributed by atoms with Crippen molar-refractivity contribution in [3.8, 4) is 0 Å². The van der Waals surface area contributed by atoms with Crippen LogP contribution >= 0.6 is 15.9 Å². The minimum Gasteiger partial charge on any atom is -0.351 e. The van der Waals surface area contributed by atoms with Crippen molar-refractivity contribution >= 4 is 21.8 Å². The van der Waals surface area contributed by atoms with Gasteiger partial charge in [0.1, 0.15) is 5.69 Å². The number of aryl methyl sites for hydroxylation is 1. The topological polar surface area (TPSA) is 42.0 Å². The van der Waals surface area contributed by atoms with Crippen LogP contribution in [0.5, 0.6) is 0 Å². The smallest absolute Gasteiger partial charge is 0.269 e. The number of hydrogen-bond donors (Lipinski definition) is 1. The quantitative estimate of drug-likeness (QED) is 0.667. The summed E-state index contributed by atoms with van der Waals surface area (Å²) in [5, 5.41) is 2.86. The average Bonchev–Trinajstić information content (AvgIpc) is 2.24. The van der Waals surface area contributed by atoms with Gasteiger partial charge in [-0.3, -0.25) is 4.79 Å². The van der Waals surface area contributed by atoms with Gasteiger partial charge in [0.15, 0.2) is 0 Å². The lowest BCUT2D eigenvalue weighted by molar-refractivity contribution is 0.0948. The first-order chi connectivity index (χ1) is 7.59. The molecule has 1 amide bonds. The molecule has 1 N–H and O–H groups in total. The Morgan fingerprint density at radius 3 is 2.94 bits per heavy atom. The van der Waals surface area contributed by atoms with Gasteiger partial charge in [-0.2, -0.15) is 0 Å². The molecule has 0 aliphatic heterocycles. The maximum Gasteiger partial charge on any atom is 0.269 e. The van der Waals surface area contributed by atoms with E-state index in [1.165, 1.54) is 0 Å². The lowest BCUT2D eigenvalue weighted by Crippen LogP contribution is -2.25. The number of nitrogens with zero attached hydrogens (tertiary/aromatic N) is 1. The van der Waals surface area contributed by atoms with Crippen LogP contribution in [0.1, 0.15) is 35.9 Å².